The molecule has 1 aromatic rings. The Kier molecular flexibility index (Phi) is 5.33. The molecule has 1 unspecified atom stereocenters. The first kappa shape index (κ1) is 16.4. The third kappa shape index (κ3) is 3.80. The topological polar surface area (TPSA) is 55.1 Å². The van der Waals surface area contributed by atoms with Crippen LogP contribution in [0.5, 0.6) is 0 Å². The molecule has 0 bridgehead atoms. The van der Waals surface area contributed by atoms with E-state index in [-0.39, 0.29) is 5.91 Å². The third-order valence-corrected chi connectivity index (χ3v) is 5.54. The Balaban J connectivity index is 2.10. The molecule has 21 heavy (non-hydrogen) atoms. The van der Waals surface area contributed by atoms with E-state index in [1.807, 2.05) is 0 Å². The van der Waals surface area contributed by atoms with Crippen LogP contribution in [-0.2, 0) is 4.79 Å². The second kappa shape index (κ2) is 6.84. The number of thioether (sulfide) groups is 1. The number of amides is 1. The van der Waals surface area contributed by atoms with E-state index in [0.29, 0.717) is 5.92 Å². The van der Waals surface area contributed by atoms with Gasteiger partial charge in [0.15, 0.2) is 0 Å². The Morgan fingerprint density at radius 2 is 2.10 bits per heavy atom. The number of carbonyl (C=O) groups is 1. The highest BCUT2D eigenvalue weighted by molar-refractivity contribution is 7.99. The molecule has 1 aliphatic rings. The lowest BCUT2D eigenvalue weighted by atomic mass is 9.94. The summed E-state index contributed by atoms with van der Waals surface area (Å²) in [4.78, 5) is 13.3. The number of primary amides is 1. The minimum atomic E-state index is -0.542. The van der Waals surface area contributed by atoms with Crippen molar-refractivity contribution < 1.29 is 4.79 Å². The fraction of sp³-hybridized carbons (Fsp3) is 0.588. The van der Waals surface area contributed by atoms with Crippen molar-refractivity contribution in [1.29, 1.82) is 0 Å². The Labute approximate surface area is 132 Å². The van der Waals surface area contributed by atoms with Crippen LogP contribution in [0.3, 0.4) is 0 Å². The summed E-state index contributed by atoms with van der Waals surface area (Å²) in [6, 6.07) is 6.46. The van der Waals surface area contributed by atoms with Crippen LogP contribution < -0.4 is 11.1 Å². The molecule has 1 atom stereocenters. The normalized spacial score (nSPS) is 17.5. The fourth-order valence-electron chi connectivity index (χ4n) is 2.60. The highest BCUT2D eigenvalue weighted by atomic mass is 32.2. The van der Waals surface area contributed by atoms with E-state index in [1.165, 1.54) is 16.0 Å². The number of benzene rings is 1. The van der Waals surface area contributed by atoms with Crippen molar-refractivity contribution in [2.24, 2.45) is 11.7 Å². The van der Waals surface area contributed by atoms with Crippen molar-refractivity contribution in [3.05, 3.63) is 29.3 Å². The fourth-order valence-corrected chi connectivity index (χ4v) is 3.90. The lowest BCUT2D eigenvalue weighted by Gasteiger charge is -2.32. The number of nitrogens with one attached hydrogen (secondary N) is 1. The summed E-state index contributed by atoms with van der Waals surface area (Å²) in [7, 11) is 0. The van der Waals surface area contributed by atoms with Gasteiger partial charge in [0.1, 0.15) is 5.54 Å². The van der Waals surface area contributed by atoms with E-state index in [9.17, 15) is 4.79 Å². The lowest BCUT2D eigenvalue weighted by Crippen LogP contribution is -2.59. The standard InChI is InChI=1S/C17H26N2OS/c1-4-9-19-17(16(18)20,14-6-7-14)11-21-15-8-5-12(2)13(3)10-15/h5,8,10,14,19H,4,6-7,9,11H2,1-3H3,(H2,18,20). The first-order chi connectivity index (χ1) is 9.99. The van der Waals surface area contributed by atoms with Crippen LogP contribution in [0, 0.1) is 19.8 Å². The smallest absolute Gasteiger partial charge is 0.238 e. The molecule has 0 heterocycles. The van der Waals surface area contributed by atoms with Gasteiger partial charge in [-0.3, -0.25) is 4.79 Å². The Morgan fingerprint density at radius 3 is 2.62 bits per heavy atom. The average molecular weight is 306 g/mol. The predicted octanol–water partition coefficient (Wildman–Crippen LogP) is 3.03. The molecule has 116 valence electrons. The summed E-state index contributed by atoms with van der Waals surface area (Å²) in [6.07, 6.45) is 3.22. The van der Waals surface area contributed by atoms with Crippen LogP contribution in [-0.4, -0.2) is 23.7 Å². The molecule has 0 aromatic heterocycles. The van der Waals surface area contributed by atoms with Gasteiger partial charge in [-0.1, -0.05) is 13.0 Å². The van der Waals surface area contributed by atoms with Gasteiger partial charge in [0.25, 0.3) is 0 Å². The van der Waals surface area contributed by atoms with Crippen LogP contribution in [0.2, 0.25) is 0 Å². The monoisotopic (exact) mass is 306 g/mol. The summed E-state index contributed by atoms with van der Waals surface area (Å²) in [5.74, 6) is 0.922. The van der Waals surface area contributed by atoms with E-state index in [1.54, 1.807) is 11.8 Å². The molecule has 0 aliphatic heterocycles. The van der Waals surface area contributed by atoms with Crippen LogP contribution in [0.15, 0.2) is 23.1 Å². The van der Waals surface area contributed by atoms with Gasteiger partial charge in [0, 0.05) is 10.6 Å². The maximum Gasteiger partial charge on any atom is 0.238 e. The van der Waals surface area contributed by atoms with Crippen molar-refractivity contribution in [3.8, 4) is 0 Å². The van der Waals surface area contributed by atoms with Crippen molar-refractivity contribution in [2.45, 2.75) is 50.5 Å². The molecule has 1 amide bonds. The molecule has 0 radical (unpaired) electrons. The van der Waals surface area contributed by atoms with Gasteiger partial charge in [0.2, 0.25) is 5.91 Å². The number of hydrogen-bond donors (Lipinski definition) is 2. The summed E-state index contributed by atoms with van der Waals surface area (Å²) in [5.41, 5.74) is 7.80. The first-order valence-corrected chi connectivity index (χ1v) is 8.73. The van der Waals surface area contributed by atoms with E-state index < -0.39 is 5.54 Å². The minimum Gasteiger partial charge on any atom is -0.368 e. The third-order valence-electron chi connectivity index (χ3n) is 4.35. The van der Waals surface area contributed by atoms with Gasteiger partial charge in [0.05, 0.1) is 0 Å². The number of nitrogens with two attached hydrogens (primary N) is 1. The largest absolute Gasteiger partial charge is 0.368 e. The highest BCUT2D eigenvalue weighted by Gasteiger charge is 2.49. The Hall–Kier alpha value is -1.00. The molecule has 0 spiro atoms. The highest BCUT2D eigenvalue weighted by Crippen LogP contribution is 2.42. The van der Waals surface area contributed by atoms with Gasteiger partial charge < -0.3 is 11.1 Å². The molecule has 2 rings (SSSR count). The molecule has 0 saturated heterocycles. The zero-order chi connectivity index (χ0) is 15.5. The zero-order valence-electron chi connectivity index (χ0n) is 13.2. The van der Waals surface area contributed by atoms with Crippen LogP contribution >= 0.6 is 11.8 Å². The van der Waals surface area contributed by atoms with Crippen LogP contribution in [0.25, 0.3) is 0 Å². The van der Waals surface area contributed by atoms with Gasteiger partial charge in [-0.25, -0.2) is 0 Å². The van der Waals surface area contributed by atoms with Gasteiger partial charge in [-0.2, -0.15) is 0 Å². The average Bonchev–Trinajstić information content (AvgIpc) is 3.27. The predicted molar refractivity (Wildman–Crippen MR) is 89.6 cm³/mol. The summed E-state index contributed by atoms with van der Waals surface area (Å²) >= 11 is 1.73. The quantitative estimate of drug-likeness (QED) is 0.726. The summed E-state index contributed by atoms with van der Waals surface area (Å²) in [5, 5.41) is 3.45. The SMILES string of the molecule is CCCNC(CSc1ccc(C)c(C)c1)(C(N)=O)C1CC1. The molecule has 1 aliphatic carbocycles. The van der Waals surface area contributed by atoms with Crippen molar-refractivity contribution in [3.63, 3.8) is 0 Å². The van der Waals surface area contributed by atoms with Crippen molar-refractivity contribution >= 4 is 17.7 Å². The summed E-state index contributed by atoms with van der Waals surface area (Å²) in [6.45, 7) is 7.19. The first-order valence-electron chi connectivity index (χ1n) is 7.74. The van der Waals surface area contributed by atoms with Gasteiger partial charge >= 0.3 is 0 Å². The maximum atomic E-state index is 12.1. The molecular formula is C17H26N2OS. The molecule has 4 heteroatoms. The number of rotatable bonds is 8. The van der Waals surface area contributed by atoms with Gasteiger partial charge in [-0.05, 0) is 68.8 Å². The number of aryl methyl sites for hydroxylation is 2. The molecule has 1 fully saturated rings. The van der Waals surface area contributed by atoms with Crippen LogP contribution in [0.4, 0.5) is 0 Å². The van der Waals surface area contributed by atoms with E-state index in [0.717, 1.165) is 31.6 Å². The van der Waals surface area contributed by atoms with E-state index in [2.05, 4.69) is 44.3 Å². The second-order valence-corrected chi connectivity index (χ2v) is 7.12. The molecule has 3 N–H and O–H groups in total. The molecular weight excluding hydrogens is 280 g/mol. The zero-order valence-corrected chi connectivity index (χ0v) is 14.1. The Morgan fingerprint density at radius 1 is 1.38 bits per heavy atom. The number of hydrogen-bond acceptors (Lipinski definition) is 3. The maximum absolute atomic E-state index is 12.1. The second-order valence-electron chi connectivity index (χ2n) is 6.07. The molecule has 1 saturated carbocycles. The van der Waals surface area contributed by atoms with Crippen LogP contribution in [0.1, 0.15) is 37.3 Å². The minimum absolute atomic E-state index is 0.199. The molecule has 3 nitrogen and oxygen atoms in total. The van der Waals surface area contributed by atoms with E-state index in [4.69, 9.17) is 5.73 Å². The van der Waals surface area contributed by atoms with E-state index >= 15 is 0 Å². The van der Waals surface area contributed by atoms with Crippen molar-refractivity contribution in [2.75, 3.05) is 12.3 Å². The number of carbonyl (C=O) groups excluding carboxylic acids is 1. The molecule has 1 aromatic carbocycles. The summed E-state index contributed by atoms with van der Waals surface area (Å²) < 4.78 is 0. The van der Waals surface area contributed by atoms with Crippen molar-refractivity contribution in [1.82, 2.24) is 5.32 Å². The Bertz CT molecular complexity index is 514. The lowest BCUT2D eigenvalue weighted by molar-refractivity contribution is -0.124. The van der Waals surface area contributed by atoms with Gasteiger partial charge in [-0.15, -0.1) is 11.8 Å².